The van der Waals surface area contributed by atoms with Gasteiger partial charge < -0.3 is 9.64 Å². The summed E-state index contributed by atoms with van der Waals surface area (Å²) < 4.78 is 4.76. The maximum atomic E-state index is 12.4. The molecule has 1 amide bonds. The number of likely N-dealkylation sites (tertiary alicyclic amines) is 1. The fourth-order valence-corrected chi connectivity index (χ4v) is 2.70. The van der Waals surface area contributed by atoms with E-state index in [0.717, 1.165) is 0 Å². The average molecular weight is 316 g/mol. The number of ether oxygens (including phenoxy) is 1. The van der Waals surface area contributed by atoms with Crippen LogP contribution in [0.3, 0.4) is 0 Å². The van der Waals surface area contributed by atoms with E-state index < -0.39 is 0 Å². The Morgan fingerprint density at radius 1 is 1.25 bits per heavy atom. The van der Waals surface area contributed by atoms with Gasteiger partial charge in [-0.15, -0.1) is 0 Å². The minimum Gasteiger partial charge on any atom is -0.469 e. The van der Waals surface area contributed by atoms with Crippen LogP contribution >= 0.6 is 23.2 Å². The lowest BCUT2D eigenvalue weighted by Crippen LogP contribution is -2.30. The third-order valence-electron chi connectivity index (χ3n) is 3.57. The van der Waals surface area contributed by atoms with Crippen molar-refractivity contribution < 1.29 is 14.3 Å². The largest absolute Gasteiger partial charge is 0.469 e. The molecule has 0 spiro atoms. The predicted molar refractivity (Wildman–Crippen MR) is 77.0 cm³/mol. The number of hydrogen-bond donors (Lipinski definition) is 0. The fraction of sp³-hybridized carbons (Fsp3) is 0.429. The summed E-state index contributed by atoms with van der Waals surface area (Å²) in [5.41, 5.74) is 0.470. The molecule has 0 radical (unpaired) electrons. The third kappa shape index (κ3) is 2.91. The second-order valence-electron chi connectivity index (χ2n) is 4.95. The van der Waals surface area contributed by atoms with Crippen LogP contribution < -0.4 is 0 Å². The standard InChI is InChI=1S/C14H15Cl2NO3/c1-8-6-17(7-10(8)14(19)20-2)13(18)9-3-4-11(15)12(16)5-9/h3-5,8,10H,6-7H2,1-2H3. The van der Waals surface area contributed by atoms with E-state index in [1.165, 1.54) is 7.11 Å². The first kappa shape index (κ1) is 15.1. The number of amides is 1. The zero-order chi connectivity index (χ0) is 14.9. The summed E-state index contributed by atoms with van der Waals surface area (Å²) in [7, 11) is 1.36. The molecule has 2 atom stereocenters. The molecule has 2 unspecified atom stereocenters. The Morgan fingerprint density at radius 3 is 2.55 bits per heavy atom. The molecule has 1 aliphatic heterocycles. The number of hydrogen-bond acceptors (Lipinski definition) is 3. The van der Waals surface area contributed by atoms with Gasteiger partial charge in [-0.3, -0.25) is 9.59 Å². The van der Waals surface area contributed by atoms with Crippen LogP contribution in [0, 0.1) is 11.8 Å². The Balaban J connectivity index is 2.14. The minimum absolute atomic E-state index is 0.0779. The molecule has 2 rings (SSSR count). The molecule has 1 aromatic carbocycles. The van der Waals surface area contributed by atoms with Crippen LogP contribution in [0.5, 0.6) is 0 Å². The summed E-state index contributed by atoms with van der Waals surface area (Å²) in [5.74, 6) is -0.621. The van der Waals surface area contributed by atoms with Crippen molar-refractivity contribution in [2.45, 2.75) is 6.92 Å². The van der Waals surface area contributed by atoms with E-state index in [1.807, 2.05) is 6.92 Å². The first-order valence-electron chi connectivity index (χ1n) is 6.26. The minimum atomic E-state index is -0.276. The van der Waals surface area contributed by atoms with E-state index in [0.29, 0.717) is 28.7 Å². The van der Waals surface area contributed by atoms with Crippen molar-refractivity contribution in [3.63, 3.8) is 0 Å². The number of benzene rings is 1. The first-order valence-corrected chi connectivity index (χ1v) is 7.01. The second kappa shape index (κ2) is 6.02. The number of halogens is 2. The van der Waals surface area contributed by atoms with E-state index in [1.54, 1.807) is 23.1 Å². The van der Waals surface area contributed by atoms with E-state index >= 15 is 0 Å². The van der Waals surface area contributed by atoms with E-state index in [4.69, 9.17) is 27.9 Å². The highest BCUT2D eigenvalue weighted by Crippen LogP contribution is 2.27. The molecular weight excluding hydrogens is 301 g/mol. The molecule has 1 fully saturated rings. The zero-order valence-electron chi connectivity index (χ0n) is 11.2. The van der Waals surface area contributed by atoms with E-state index in [-0.39, 0.29) is 23.7 Å². The SMILES string of the molecule is COC(=O)C1CN(C(=O)c2ccc(Cl)c(Cl)c2)CC1C. The number of carbonyl (C=O) groups excluding carboxylic acids is 2. The van der Waals surface area contributed by atoms with Gasteiger partial charge in [-0.2, -0.15) is 0 Å². The third-order valence-corrected chi connectivity index (χ3v) is 4.31. The lowest BCUT2D eigenvalue weighted by atomic mass is 9.99. The van der Waals surface area contributed by atoms with Crippen LogP contribution in [-0.2, 0) is 9.53 Å². The van der Waals surface area contributed by atoms with Gasteiger partial charge in [-0.25, -0.2) is 0 Å². The molecule has 108 valence electrons. The number of carbonyl (C=O) groups is 2. The highest BCUT2D eigenvalue weighted by molar-refractivity contribution is 6.42. The van der Waals surface area contributed by atoms with Gasteiger partial charge in [0, 0.05) is 18.7 Å². The van der Waals surface area contributed by atoms with Gasteiger partial charge in [0.25, 0.3) is 5.91 Å². The Bertz CT molecular complexity index is 547. The van der Waals surface area contributed by atoms with Gasteiger partial charge >= 0.3 is 5.97 Å². The molecule has 1 heterocycles. The highest BCUT2D eigenvalue weighted by atomic mass is 35.5. The summed E-state index contributed by atoms with van der Waals surface area (Å²) in [6.45, 7) is 2.83. The second-order valence-corrected chi connectivity index (χ2v) is 5.76. The molecule has 20 heavy (non-hydrogen) atoms. The van der Waals surface area contributed by atoms with Crippen molar-refractivity contribution in [1.29, 1.82) is 0 Å². The van der Waals surface area contributed by atoms with Crippen molar-refractivity contribution in [1.82, 2.24) is 4.90 Å². The van der Waals surface area contributed by atoms with Gasteiger partial charge in [-0.05, 0) is 24.1 Å². The molecule has 1 aliphatic rings. The summed E-state index contributed by atoms with van der Waals surface area (Å²) in [5, 5.41) is 0.750. The van der Waals surface area contributed by atoms with Gasteiger partial charge in [0.05, 0.1) is 23.1 Å². The Kier molecular flexibility index (Phi) is 4.55. The first-order chi connectivity index (χ1) is 9.43. The number of rotatable bonds is 2. The number of nitrogens with zero attached hydrogens (tertiary/aromatic N) is 1. The van der Waals surface area contributed by atoms with E-state index in [9.17, 15) is 9.59 Å². The lowest BCUT2D eigenvalue weighted by molar-refractivity contribution is -0.146. The highest BCUT2D eigenvalue weighted by Gasteiger charge is 2.37. The van der Waals surface area contributed by atoms with Crippen molar-refractivity contribution in [3.05, 3.63) is 33.8 Å². The molecule has 1 aromatic rings. The molecule has 0 N–H and O–H groups in total. The lowest BCUT2D eigenvalue weighted by Gasteiger charge is -2.16. The molecule has 0 bridgehead atoms. The Morgan fingerprint density at radius 2 is 1.95 bits per heavy atom. The maximum absolute atomic E-state index is 12.4. The van der Waals surface area contributed by atoms with E-state index in [2.05, 4.69) is 0 Å². The maximum Gasteiger partial charge on any atom is 0.310 e. The smallest absolute Gasteiger partial charge is 0.310 e. The fourth-order valence-electron chi connectivity index (χ4n) is 2.40. The predicted octanol–water partition coefficient (Wildman–Crippen LogP) is 2.87. The average Bonchev–Trinajstić information content (AvgIpc) is 2.82. The number of methoxy groups -OCH3 is 1. The van der Waals surface area contributed by atoms with Gasteiger partial charge in [-0.1, -0.05) is 30.1 Å². The van der Waals surface area contributed by atoms with Crippen LogP contribution in [0.15, 0.2) is 18.2 Å². The van der Waals surface area contributed by atoms with Crippen LogP contribution in [0.2, 0.25) is 10.0 Å². The van der Waals surface area contributed by atoms with Gasteiger partial charge in [0.15, 0.2) is 0 Å². The van der Waals surface area contributed by atoms with Gasteiger partial charge in [0.1, 0.15) is 0 Å². The monoisotopic (exact) mass is 315 g/mol. The van der Waals surface area contributed by atoms with Crippen molar-refractivity contribution in [2.75, 3.05) is 20.2 Å². The molecule has 1 saturated heterocycles. The van der Waals surface area contributed by atoms with Crippen LogP contribution in [0.25, 0.3) is 0 Å². The Hall–Kier alpha value is -1.26. The normalized spacial score (nSPS) is 21.9. The Labute approximate surface area is 127 Å². The quantitative estimate of drug-likeness (QED) is 0.788. The topological polar surface area (TPSA) is 46.6 Å². The zero-order valence-corrected chi connectivity index (χ0v) is 12.7. The molecule has 0 aromatic heterocycles. The van der Waals surface area contributed by atoms with Crippen molar-refractivity contribution in [3.8, 4) is 0 Å². The summed E-state index contributed by atoms with van der Waals surface area (Å²) in [4.78, 5) is 25.7. The molecule has 0 saturated carbocycles. The van der Waals surface area contributed by atoms with Crippen LogP contribution in [-0.4, -0.2) is 37.0 Å². The van der Waals surface area contributed by atoms with Crippen molar-refractivity contribution in [2.24, 2.45) is 11.8 Å². The number of esters is 1. The molecule has 4 nitrogen and oxygen atoms in total. The summed E-state index contributed by atoms with van der Waals surface area (Å²) >= 11 is 11.8. The summed E-state index contributed by atoms with van der Waals surface area (Å²) in [6, 6.07) is 4.77. The molecule has 0 aliphatic carbocycles. The van der Waals surface area contributed by atoms with Crippen LogP contribution in [0.4, 0.5) is 0 Å². The molecular formula is C14H15Cl2NO3. The molecule has 6 heteroatoms. The van der Waals surface area contributed by atoms with Crippen LogP contribution in [0.1, 0.15) is 17.3 Å². The van der Waals surface area contributed by atoms with Crippen molar-refractivity contribution >= 4 is 35.1 Å². The van der Waals surface area contributed by atoms with Gasteiger partial charge in [0.2, 0.25) is 0 Å². The summed E-state index contributed by atoms with van der Waals surface area (Å²) in [6.07, 6.45) is 0.